The maximum absolute atomic E-state index is 13.9. The zero-order valence-electron chi connectivity index (χ0n) is 13.3. The van der Waals surface area contributed by atoms with Gasteiger partial charge in [0.1, 0.15) is 5.82 Å². The van der Waals surface area contributed by atoms with E-state index in [2.05, 4.69) is 10.3 Å². The topological polar surface area (TPSA) is 85.1 Å². The Morgan fingerprint density at radius 3 is 2.62 bits per heavy atom. The van der Waals surface area contributed by atoms with Gasteiger partial charge in [0, 0.05) is 28.1 Å². The molecule has 0 spiro atoms. The van der Waals surface area contributed by atoms with E-state index in [1.54, 1.807) is 36.5 Å². The third-order valence-electron chi connectivity index (χ3n) is 3.39. The van der Waals surface area contributed by atoms with Gasteiger partial charge in [-0.3, -0.25) is 19.9 Å². The Bertz CT molecular complexity index is 967. The molecule has 8 heteroatoms. The van der Waals surface area contributed by atoms with Gasteiger partial charge in [0.25, 0.3) is 11.6 Å². The molecule has 0 saturated carbocycles. The van der Waals surface area contributed by atoms with Crippen molar-refractivity contribution >= 4 is 29.0 Å². The molecule has 0 aliphatic heterocycles. The van der Waals surface area contributed by atoms with Gasteiger partial charge >= 0.3 is 0 Å². The summed E-state index contributed by atoms with van der Waals surface area (Å²) < 4.78 is 13.9. The molecule has 0 aliphatic rings. The van der Waals surface area contributed by atoms with Crippen LogP contribution in [0.2, 0.25) is 0 Å². The normalized spacial score (nSPS) is 10.3. The van der Waals surface area contributed by atoms with Gasteiger partial charge in [0.15, 0.2) is 0 Å². The van der Waals surface area contributed by atoms with Crippen LogP contribution >= 0.6 is 11.8 Å². The quantitative estimate of drug-likeness (QED) is 0.527. The van der Waals surface area contributed by atoms with Gasteiger partial charge in [-0.1, -0.05) is 23.9 Å². The number of rotatable bonds is 5. The van der Waals surface area contributed by atoms with E-state index in [9.17, 15) is 19.3 Å². The average molecular weight is 369 g/mol. The largest absolute Gasteiger partial charge is 0.321 e. The molecule has 0 saturated heterocycles. The molecule has 1 aromatic heterocycles. The molecule has 0 atom stereocenters. The molecule has 0 radical (unpaired) electrons. The Labute approximate surface area is 152 Å². The fraction of sp³-hybridized carbons (Fsp3) is 0. The van der Waals surface area contributed by atoms with Crippen molar-refractivity contribution < 1.29 is 14.1 Å². The van der Waals surface area contributed by atoms with Crippen LogP contribution in [-0.4, -0.2) is 15.8 Å². The highest BCUT2D eigenvalue weighted by atomic mass is 32.2. The van der Waals surface area contributed by atoms with Gasteiger partial charge < -0.3 is 5.32 Å². The van der Waals surface area contributed by atoms with Crippen LogP contribution in [-0.2, 0) is 0 Å². The van der Waals surface area contributed by atoms with Crippen LogP contribution < -0.4 is 5.32 Å². The molecule has 0 unspecified atom stereocenters. The van der Waals surface area contributed by atoms with E-state index in [1.165, 1.54) is 30.5 Å². The first-order valence-electron chi connectivity index (χ1n) is 7.47. The fourth-order valence-corrected chi connectivity index (χ4v) is 3.13. The van der Waals surface area contributed by atoms with E-state index in [-0.39, 0.29) is 11.3 Å². The first-order valence-corrected chi connectivity index (χ1v) is 8.28. The van der Waals surface area contributed by atoms with Gasteiger partial charge in [0.2, 0.25) is 0 Å². The molecule has 0 fully saturated rings. The van der Waals surface area contributed by atoms with Gasteiger partial charge in [-0.05, 0) is 30.3 Å². The van der Waals surface area contributed by atoms with E-state index >= 15 is 0 Å². The second kappa shape index (κ2) is 7.75. The summed E-state index contributed by atoms with van der Waals surface area (Å²) in [5.74, 6) is -0.977. The standard InChI is InChI=1S/C18H12FN3O3S/c19-15-5-1-2-6-17(15)26-16-8-7-13(22(24)25)10-14(16)18(23)21-12-4-3-9-20-11-12/h1-11H,(H,21,23). The molecule has 6 nitrogen and oxygen atoms in total. The van der Waals surface area contributed by atoms with Crippen molar-refractivity contribution in [1.29, 1.82) is 0 Å². The number of nitrogens with one attached hydrogen (secondary N) is 1. The van der Waals surface area contributed by atoms with E-state index in [1.807, 2.05) is 0 Å². The number of carbonyl (C=O) groups is 1. The lowest BCUT2D eigenvalue weighted by molar-refractivity contribution is -0.384. The molecule has 1 N–H and O–H groups in total. The Morgan fingerprint density at radius 2 is 1.92 bits per heavy atom. The van der Waals surface area contributed by atoms with E-state index in [4.69, 9.17) is 0 Å². The summed E-state index contributed by atoms with van der Waals surface area (Å²) in [5, 5.41) is 13.7. The zero-order valence-corrected chi connectivity index (χ0v) is 14.1. The Balaban J connectivity index is 1.97. The number of halogens is 1. The van der Waals surface area contributed by atoms with Crippen LogP contribution in [0.5, 0.6) is 0 Å². The lowest BCUT2D eigenvalue weighted by Gasteiger charge is -2.10. The number of anilines is 1. The summed E-state index contributed by atoms with van der Waals surface area (Å²) in [5.41, 5.74) is 0.307. The molecule has 0 bridgehead atoms. The van der Waals surface area contributed by atoms with Crippen molar-refractivity contribution in [3.05, 3.63) is 88.5 Å². The predicted molar refractivity (Wildman–Crippen MR) is 95.8 cm³/mol. The van der Waals surface area contributed by atoms with Crippen molar-refractivity contribution in [2.24, 2.45) is 0 Å². The molecular weight excluding hydrogens is 357 g/mol. The molecule has 1 amide bonds. The molecule has 1 heterocycles. The van der Waals surface area contributed by atoms with Gasteiger partial charge in [-0.25, -0.2) is 4.39 Å². The van der Waals surface area contributed by atoms with Crippen molar-refractivity contribution in [3.8, 4) is 0 Å². The van der Waals surface area contributed by atoms with Crippen molar-refractivity contribution in [2.45, 2.75) is 9.79 Å². The molecular formula is C18H12FN3O3S. The number of carbonyl (C=O) groups excluding carboxylic acids is 1. The second-order valence-electron chi connectivity index (χ2n) is 5.17. The van der Waals surface area contributed by atoms with E-state index in [0.717, 1.165) is 11.8 Å². The van der Waals surface area contributed by atoms with E-state index in [0.29, 0.717) is 15.5 Å². The summed E-state index contributed by atoms with van der Waals surface area (Å²) in [4.78, 5) is 27.7. The Kier molecular flexibility index (Phi) is 5.23. The van der Waals surface area contributed by atoms with Crippen molar-refractivity contribution in [2.75, 3.05) is 5.32 Å². The second-order valence-corrected chi connectivity index (χ2v) is 6.25. The number of hydrogen-bond donors (Lipinski definition) is 1. The fourth-order valence-electron chi connectivity index (χ4n) is 2.18. The highest BCUT2D eigenvalue weighted by molar-refractivity contribution is 7.99. The molecule has 26 heavy (non-hydrogen) atoms. The van der Waals surface area contributed by atoms with Crippen LogP contribution in [0.3, 0.4) is 0 Å². The molecule has 0 aliphatic carbocycles. The minimum atomic E-state index is -0.585. The molecule has 3 rings (SSSR count). The van der Waals surface area contributed by atoms with Gasteiger partial charge in [-0.2, -0.15) is 0 Å². The Hall–Kier alpha value is -3.26. The number of benzene rings is 2. The molecule has 130 valence electrons. The summed E-state index contributed by atoms with van der Waals surface area (Å²) in [6, 6.07) is 13.3. The maximum Gasteiger partial charge on any atom is 0.270 e. The average Bonchev–Trinajstić information content (AvgIpc) is 2.64. The number of pyridine rings is 1. The summed E-state index contributed by atoms with van der Waals surface area (Å²) in [6.07, 6.45) is 3.02. The maximum atomic E-state index is 13.9. The van der Waals surface area contributed by atoms with Crippen LogP contribution in [0, 0.1) is 15.9 Å². The monoisotopic (exact) mass is 369 g/mol. The van der Waals surface area contributed by atoms with Crippen LogP contribution in [0.4, 0.5) is 15.8 Å². The number of nitro groups is 1. The van der Waals surface area contributed by atoms with Crippen molar-refractivity contribution in [1.82, 2.24) is 4.98 Å². The number of non-ortho nitro benzene ring substituents is 1. The number of nitrogens with zero attached hydrogens (tertiary/aromatic N) is 2. The number of hydrogen-bond acceptors (Lipinski definition) is 5. The smallest absolute Gasteiger partial charge is 0.270 e. The zero-order chi connectivity index (χ0) is 18.5. The van der Waals surface area contributed by atoms with Crippen LogP contribution in [0.25, 0.3) is 0 Å². The lowest BCUT2D eigenvalue weighted by Crippen LogP contribution is -2.13. The third-order valence-corrected chi connectivity index (χ3v) is 4.52. The highest BCUT2D eigenvalue weighted by Gasteiger charge is 2.18. The van der Waals surface area contributed by atoms with Gasteiger partial charge in [0.05, 0.1) is 22.4 Å². The van der Waals surface area contributed by atoms with Crippen LogP contribution in [0.1, 0.15) is 10.4 Å². The minimum absolute atomic E-state index is 0.0799. The van der Waals surface area contributed by atoms with E-state index < -0.39 is 16.6 Å². The summed E-state index contributed by atoms with van der Waals surface area (Å²) >= 11 is 1.03. The Morgan fingerprint density at radius 1 is 1.12 bits per heavy atom. The number of amides is 1. The summed E-state index contributed by atoms with van der Waals surface area (Å²) in [6.45, 7) is 0. The lowest BCUT2D eigenvalue weighted by atomic mass is 10.2. The van der Waals surface area contributed by atoms with Crippen molar-refractivity contribution in [3.63, 3.8) is 0 Å². The molecule has 2 aromatic carbocycles. The predicted octanol–water partition coefficient (Wildman–Crippen LogP) is 4.53. The number of nitro benzene ring substituents is 1. The van der Waals surface area contributed by atoms with Gasteiger partial charge in [-0.15, -0.1) is 0 Å². The first kappa shape index (κ1) is 17.6. The molecule has 3 aromatic rings. The van der Waals surface area contributed by atoms with Crippen LogP contribution in [0.15, 0.2) is 76.8 Å². The first-order chi connectivity index (χ1) is 12.5. The SMILES string of the molecule is O=C(Nc1cccnc1)c1cc([N+](=O)[O-])ccc1Sc1ccccc1F. The highest BCUT2D eigenvalue weighted by Crippen LogP contribution is 2.34. The third kappa shape index (κ3) is 4.04. The summed E-state index contributed by atoms with van der Waals surface area (Å²) in [7, 11) is 0. The number of aromatic nitrogens is 1. The minimum Gasteiger partial charge on any atom is -0.321 e.